The fourth-order valence-electron chi connectivity index (χ4n) is 2.53. The van der Waals surface area contributed by atoms with Gasteiger partial charge in [0.25, 0.3) is 0 Å². The molecule has 0 heterocycles. The van der Waals surface area contributed by atoms with Gasteiger partial charge in [-0.1, -0.05) is 32.9 Å². The van der Waals surface area contributed by atoms with Gasteiger partial charge in [-0.25, -0.2) is 0 Å². The van der Waals surface area contributed by atoms with Crippen molar-refractivity contribution in [3.63, 3.8) is 0 Å². The second kappa shape index (κ2) is 9.80. The van der Waals surface area contributed by atoms with Crippen molar-refractivity contribution in [1.29, 1.82) is 0 Å². The summed E-state index contributed by atoms with van der Waals surface area (Å²) in [6.07, 6.45) is 2.67. The summed E-state index contributed by atoms with van der Waals surface area (Å²) in [5.41, 5.74) is 15.3. The molecular formula is C21H30N2O3. The van der Waals surface area contributed by atoms with Crippen LogP contribution < -0.4 is 25.7 Å². The summed E-state index contributed by atoms with van der Waals surface area (Å²) < 4.78 is 17.9. The van der Waals surface area contributed by atoms with E-state index in [-0.39, 0.29) is 0 Å². The quantitative estimate of drug-likeness (QED) is 0.591. The number of nitrogen functional groups attached to an aromatic ring is 2. The molecule has 0 atom stereocenters. The number of nitrogens with two attached hydrogens (primary N) is 2. The zero-order valence-electron chi connectivity index (χ0n) is 16.0. The van der Waals surface area contributed by atoms with Crippen LogP contribution >= 0.6 is 0 Å². The van der Waals surface area contributed by atoms with Gasteiger partial charge in [-0.3, -0.25) is 0 Å². The third-order valence-corrected chi connectivity index (χ3v) is 3.82. The van der Waals surface area contributed by atoms with Gasteiger partial charge in [-0.15, -0.1) is 0 Å². The highest BCUT2D eigenvalue weighted by Gasteiger charge is 2.21. The van der Waals surface area contributed by atoms with E-state index in [0.717, 1.165) is 30.4 Å². The Morgan fingerprint density at radius 1 is 0.731 bits per heavy atom. The Balaban J connectivity index is 2.61. The largest absolute Gasteiger partial charge is 0.491 e. The van der Waals surface area contributed by atoms with E-state index in [1.165, 1.54) is 0 Å². The second-order valence-corrected chi connectivity index (χ2v) is 6.16. The first kappa shape index (κ1) is 19.8. The molecule has 0 aliphatic rings. The molecule has 2 rings (SSSR count). The molecule has 0 unspecified atom stereocenters. The van der Waals surface area contributed by atoms with Crippen molar-refractivity contribution in [2.75, 3.05) is 31.3 Å². The zero-order valence-corrected chi connectivity index (χ0v) is 16.0. The highest BCUT2D eigenvalue weighted by atomic mass is 16.5. The van der Waals surface area contributed by atoms with E-state index in [4.69, 9.17) is 25.7 Å². The van der Waals surface area contributed by atoms with Crippen LogP contribution in [0.4, 0.5) is 11.4 Å². The van der Waals surface area contributed by atoms with Crippen LogP contribution in [0.15, 0.2) is 30.3 Å². The molecule has 5 heteroatoms. The van der Waals surface area contributed by atoms with Gasteiger partial charge in [0.05, 0.1) is 19.8 Å². The fourth-order valence-corrected chi connectivity index (χ4v) is 2.53. The van der Waals surface area contributed by atoms with Gasteiger partial charge in [0, 0.05) is 11.3 Å². The van der Waals surface area contributed by atoms with E-state index in [2.05, 4.69) is 20.8 Å². The van der Waals surface area contributed by atoms with Crippen molar-refractivity contribution in [2.24, 2.45) is 0 Å². The summed E-state index contributed by atoms with van der Waals surface area (Å²) in [5, 5.41) is 0. The Labute approximate surface area is 156 Å². The summed E-state index contributed by atoms with van der Waals surface area (Å²) in [7, 11) is 0. The van der Waals surface area contributed by atoms with E-state index < -0.39 is 0 Å². The Morgan fingerprint density at radius 3 is 1.85 bits per heavy atom. The number of benzene rings is 2. The molecule has 5 nitrogen and oxygen atoms in total. The lowest BCUT2D eigenvalue weighted by Crippen LogP contribution is -2.08. The van der Waals surface area contributed by atoms with Gasteiger partial charge in [-0.2, -0.15) is 0 Å². The van der Waals surface area contributed by atoms with E-state index in [0.29, 0.717) is 48.4 Å². The first-order chi connectivity index (χ1) is 12.6. The summed E-state index contributed by atoms with van der Waals surface area (Å²) in [6.45, 7) is 7.92. The van der Waals surface area contributed by atoms with E-state index in [1.54, 1.807) is 0 Å². The lowest BCUT2D eigenvalue weighted by molar-refractivity contribution is 0.267. The monoisotopic (exact) mass is 358 g/mol. The van der Waals surface area contributed by atoms with Crippen LogP contribution in [-0.4, -0.2) is 19.8 Å². The van der Waals surface area contributed by atoms with E-state index in [9.17, 15) is 0 Å². The van der Waals surface area contributed by atoms with Crippen molar-refractivity contribution >= 4 is 11.4 Å². The van der Waals surface area contributed by atoms with Crippen molar-refractivity contribution in [2.45, 2.75) is 40.0 Å². The highest BCUT2D eigenvalue weighted by molar-refractivity contribution is 5.83. The molecule has 0 amide bonds. The highest BCUT2D eigenvalue weighted by Crippen LogP contribution is 2.47. The first-order valence-electron chi connectivity index (χ1n) is 9.33. The topological polar surface area (TPSA) is 79.7 Å². The lowest BCUT2D eigenvalue weighted by atomic mass is 10.0. The average molecular weight is 358 g/mol. The number of hydrogen-bond donors (Lipinski definition) is 2. The van der Waals surface area contributed by atoms with Gasteiger partial charge >= 0.3 is 0 Å². The third-order valence-electron chi connectivity index (χ3n) is 3.82. The molecule has 0 saturated heterocycles. The van der Waals surface area contributed by atoms with Crippen molar-refractivity contribution in [1.82, 2.24) is 0 Å². The lowest BCUT2D eigenvalue weighted by Gasteiger charge is -2.21. The van der Waals surface area contributed by atoms with Crippen molar-refractivity contribution in [3.8, 4) is 28.4 Å². The van der Waals surface area contributed by atoms with E-state index in [1.807, 2.05) is 30.3 Å². The van der Waals surface area contributed by atoms with Crippen LogP contribution in [-0.2, 0) is 0 Å². The Kier molecular flexibility index (Phi) is 7.45. The maximum Gasteiger partial charge on any atom is 0.188 e. The van der Waals surface area contributed by atoms with Gasteiger partial charge in [0.15, 0.2) is 11.5 Å². The molecule has 0 saturated carbocycles. The average Bonchev–Trinajstić information content (AvgIpc) is 2.65. The molecule has 0 aliphatic heterocycles. The van der Waals surface area contributed by atoms with E-state index >= 15 is 0 Å². The molecule has 4 N–H and O–H groups in total. The van der Waals surface area contributed by atoms with Gasteiger partial charge in [0.1, 0.15) is 11.4 Å². The van der Waals surface area contributed by atoms with Crippen LogP contribution in [0.3, 0.4) is 0 Å². The standard InChI is InChI=1S/C21H30N2O3/c1-4-11-24-18-14-17(15-7-9-16(22)10-8-15)20(25-12-5-2)21(19(18)23)26-13-6-3/h7-10,14H,4-6,11-13,22-23H2,1-3H3. The number of ether oxygens (including phenoxy) is 3. The zero-order chi connectivity index (χ0) is 18.9. The summed E-state index contributed by atoms with van der Waals surface area (Å²) in [5.74, 6) is 1.83. The minimum absolute atomic E-state index is 0.484. The smallest absolute Gasteiger partial charge is 0.188 e. The second-order valence-electron chi connectivity index (χ2n) is 6.16. The minimum Gasteiger partial charge on any atom is -0.491 e. The SMILES string of the molecule is CCCOc1cc(-c2ccc(N)cc2)c(OCCC)c(OCCC)c1N. The Bertz CT molecular complexity index is 699. The molecule has 0 aliphatic carbocycles. The molecule has 26 heavy (non-hydrogen) atoms. The maximum atomic E-state index is 6.36. The number of rotatable bonds is 10. The molecule has 0 aromatic heterocycles. The predicted molar refractivity (Wildman–Crippen MR) is 108 cm³/mol. The summed E-state index contributed by atoms with van der Waals surface area (Å²) >= 11 is 0. The first-order valence-corrected chi connectivity index (χ1v) is 9.33. The van der Waals surface area contributed by atoms with Crippen LogP contribution in [0.2, 0.25) is 0 Å². The molecule has 142 valence electrons. The molecule has 0 bridgehead atoms. The number of hydrogen-bond acceptors (Lipinski definition) is 5. The van der Waals surface area contributed by atoms with Gasteiger partial charge in [-0.05, 0) is 43.0 Å². The maximum absolute atomic E-state index is 6.36. The molecule has 0 spiro atoms. The van der Waals surface area contributed by atoms with Crippen LogP contribution in [0, 0.1) is 0 Å². The minimum atomic E-state index is 0.484. The van der Waals surface area contributed by atoms with Crippen molar-refractivity contribution in [3.05, 3.63) is 30.3 Å². The number of anilines is 2. The van der Waals surface area contributed by atoms with Crippen molar-refractivity contribution < 1.29 is 14.2 Å². The molecule has 2 aromatic rings. The van der Waals surface area contributed by atoms with Crippen LogP contribution in [0.5, 0.6) is 17.2 Å². The van der Waals surface area contributed by atoms with Crippen LogP contribution in [0.1, 0.15) is 40.0 Å². The summed E-state index contributed by atoms with van der Waals surface area (Å²) in [6, 6.07) is 9.60. The third kappa shape index (κ3) is 4.75. The molecular weight excluding hydrogens is 328 g/mol. The molecule has 0 fully saturated rings. The molecule has 0 radical (unpaired) electrons. The molecule has 2 aromatic carbocycles. The van der Waals surface area contributed by atoms with Gasteiger partial charge < -0.3 is 25.7 Å². The Morgan fingerprint density at radius 2 is 1.27 bits per heavy atom. The van der Waals surface area contributed by atoms with Crippen LogP contribution in [0.25, 0.3) is 11.1 Å². The predicted octanol–water partition coefficient (Wildman–Crippen LogP) is 4.88. The Hall–Kier alpha value is -2.56. The summed E-state index contributed by atoms with van der Waals surface area (Å²) in [4.78, 5) is 0. The van der Waals surface area contributed by atoms with Gasteiger partial charge in [0.2, 0.25) is 0 Å². The fraction of sp³-hybridized carbons (Fsp3) is 0.429. The normalized spacial score (nSPS) is 10.6.